The van der Waals surface area contributed by atoms with Crippen molar-refractivity contribution < 1.29 is 4.74 Å². The molecule has 0 fully saturated rings. The second kappa shape index (κ2) is 8.68. The molecule has 0 amide bonds. The summed E-state index contributed by atoms with van der Waals surface area (Å²) in [7, 11) is 2.01. The molecular weight excluding hydrogens is 364 g/mol. The summed E-state index contributed by atoms with van der Waals surface area (Å²) in [5, 5.41) is 12.8. The van der Waals surface area contributed by atoms with Gasteiger partial charge < -0.3 is 10.1 Å². The lowest BCUT2D eigenvalue weighted by molar-refractivity contribution is 0.241. The number of rotatable bonds is 7. The molecule has 0 aromatic heterocycles. The van der Waals surface area contributed by atoms with Crippen molar-refractivity contribution in [2.24, 2.45) is 0 Å². The molecular formula is C24H26N2OS. The Hall–Kier alpha value is -2.48. The van der Waals surface area contributed by atoms with Gasteiger partial charge in [-0.3, -0.25) is 0 Å². The summed E-state index contributed by atoms with van der Waals surface area (Å²) in [6, 6.07) is 14.7. The molecule has 4 heteroatoms. The zero-order valence-electron chi connectivity index (χ0n) is 16.7. The monoisotopic (exact) mass is 390 g/mol. The van der Waals surface area contributed by atoms with Crippen LogP contribution in [0.15, 0.2) is 49.6 Å². The summed E-state index contributed by atoms with van der Waals surface area (Å²) in [6.07, 6.45) is 2.20. The van der Waals surface area contributed by atoms with E-state index in [4.69, 9.17) is 4.74 Å². The van der Waals surface area contributed by atoms with Crippen LogP contribution >= 0.6 is 11.8 Å². The van der Waals surface area contributed by atoms with E-state index in [1.807, 2.05) is 39.1 Å². The minimum absolute atomic E-state index is 0.0249. The third-order valence-corrected chi connectivity index (χ3v) is 5.90. The van der Waals surface area contributed by atoms with Crippen molar-refractivity contribution in [1.82, 2.24) is 5.32 Å². The van der Waals surface area contributed by atoms with Gasteiger partial charge in [-0.05, 0) is 68.1 Å². The Balaban J connectivity index is 1.80. The van der Waals surface area contributed by atoms with Crippen LogP contribution in [0.25, 0.3) is 9.81 Å². The fourth-order valence-electron chi connectivity index (χ4n) is 3.63. The normalized spacial score (nSPS) is 15.2. The van der Waals surface area contributed by atoms with Gasteiger partial charge in [0.15, 0.2) is 0 Å². The van der Waals surface area contributed by atoms with Gasteiger partial charge in [0, 0.05) is 15.9 Å². The van der Waals surface area contributed by atoms with Gasteiger partial charge in [0.1, 0.15) is 11.8 Å². The molecule has 0 heterocycles. The van der Waals surface area contributed by atoms with Crippen LogP contribution < -0.4 is 10.1 Å². The van der Waals surface area contributed by atoms with Crippen LogP contribution in [-0.2, 0) is 6.42 Å². The first-order valence-electron chi connectivity index (χ1n) is 9.50. The van der Waals surface area contributed by atoms with E-state index in [2.05, 4.69) is 42.7 Å². The van der Waals surface area contributed by atoms with Crippen LogP contribution in [0.2, 0.25) is 0 Å². The minimum Gasteiger partial charge on any atom is -0.490 e. The van der Waals surface area contributed by atoms with Crippen molar-refractivity contribution in [2.45, 2.75) is 38.8 Å². The zero-order valence-corrected chi connectivity index (χ0v) is 17.5. The first-order valence-corrected chi connectivity index (χ1v) is 10.3. The van der Waals surface area contributed by atoms with Crippen molar-refractivity contribution in [2.75, 3.05) is 7.05 Å². The van der Waals surface area contributed by atoms with Gasteiger partial charge in [0.05, 0.1) is 11.7 Å². The van der Waals surface area contributed by atoms with Gasteiger partial charge in [-0.15, -0.1) is 0 Å². The third kappa shape index (κ3) is 4.16. The standard InChI is InChI=1S/C24H26N2OS/c1-15(2)27-24-12-9-18(13-19(24)14-25)16(3)28-17(4)20-7-6-8-22-21(20)10-11-23(22)26-5/h6-9,12-13,15,23,26H,3-4,10-11H2,1-2,5H3/t23-/m1/s1. The summed E-state index contributed by atoms with van der Waals surface area (Å²) < 4.78 is 5.71. The van der Waals surface area contributed by atoms with Gasteiger partial charge in [0.2, 0.25) is 0 Å². The molecule has 3 rings (SSSR count). The van der Waals surface area contributed by atoms with Crippen LogP contribution in [0.5, 0.6) is 5.75 Å². The Morgan fingerprint density at radius 1 is 1.25 bits per heavy atom. The van der Waals surface area contributed by atoms with Crippen LogP contribution in [0.4, 0.5) is 0 Å². The van der Waals surface area contributed by atoms with E-state index in [0.29, 0.717) is 17.4 Å². The second-order valence-electron chi connectivity index (χ2n) is 7.19. The Labute approximate surface area is 172 Å². The first-order chi connectivity index (χ1) is 13.4. The molecule has 1 atom stereocenters. The number of fused-ring (bicyclic) bond motifs is 1. The Morgan fingerprint density at radius 2 is 2.04 bits per heavy atom. The van der Waals surface area contributed by atoms with Crippen LogP contribution in [0.3, 0.4) is 0 Å². The number of nitriles is 1. The van der Waals surface area contributed by atoms with Crippen molar-refractivity contribution in [3.8, 4) is 11.8 Å². The average molecular weight is 391 g/mol. The highest BCUT2D eigenvalue weighted by Crippen LogP contribution is 2.42. The van der Waals surface area contributed by atoms with E-state index in [9.17, 15) is 5.26 Å². The maximum atomic E-state index is 9.46. The highest BCUT2D eigenvalue weighted by atomic mass is 32.2. The van der Waals surface area contributed by atoms with Gasteiger partial charge in [0.25, 0.3) is 0 Å². The summed E-state index contributed by atoms with van der Waals surface area (Å²) in [5.41, 5.74) is 5.39. The first kappa shape index (κ1) is 20.3. The SMILES string of the molecule is C=C(SC(=C)c1cccc2c1CC[C@H]2NC)c1ccc(OC(C)C)c(C#N)c1. The molecule has 0 unspecified atom stereocenters. The molecule has 2 aromatic rings. The summed E-state index contributed by atoms with van der Waals surface area (Å²) in [6.45, 7) is 12.4. The smallest absolute Gasteiger partial charge is 0.137 e. The summed E-state index contributed by atoms with van der Waals surface area (Å²) >= 11 is 1.56. The van der Waals surface area contributed by atoms with Crippen molar-refractivity contribution in [1.29, 1.82) is 5.26 Å². The topological polar surface area (TPSA) is 45.0 Å². The molecule has 28 heavy (non-hydrogen) atoms. The number of nitrogens with zero attached hydrogens (tertiary/aromatic N) is 1. The van der Waals surface area contributed by atoms with Gasteiger partial charge >= 0.3 is 0 Å². The predicted molar refractivity (Wildman–Crippen MR) is 119 cm³/mol. The fourth-order valence-corrected chi connectivity index (χ4v) is 4.47. The van der Waals surface area contributed by atoms with Gasteiger partial charge in [-0.25, -0.2) is 0 Å². The van der Waals surface area contributed by atoms with Gasteiger partial charge in [-0.1, -0.05) is 49.2 Å². The Bertz CT molecular complexity index is 956. The maximum absolute atomic E-state index is 9.46. The Kier molecular flexibility index (Phi) is 6.28. The molecule has 0 bridgehead atoms. The fraction of sp³-hybridized carbons (Fsp3) is 0.292. The van der Waals surface area contributed by atoms with Crippen molar-refractivity contribution >= 4 is 21.6 Å². The van der Waals surface area contributed by atoms with E-state index < -0.39 is 0 Å². The summed E-state index contributed by atoms with van der Waals surface area (Å²) in [4.78, 5) is 1.86. The molecule has 1 aliphatic rings. The highest BCUT2D eigenvalue weighted by Gasteiger charge is 2.24. The molecule has 0 spiro atoms. The second-order valence-corrected chi connectivity index (χ2v) is 8.38. The number of benzene rings is 2. The van der Waals surface area contributed by atoms with Crippen molar-refractivity contribution in [3.05, 3.63) is 77.4 Å². The quantitative estimate of drug-likeness (QED) is 0.637. The largest absolute Gasteiger partial charge is 0.490 e. The maximum Gasteiger partial charge on any atom is 0.137 e. The third-order valence-electron chi connectivity index (χ3n) is 4.95. The number of nitrogens with one attached hydrogen (secondary N) is 1. The number of ether oxygens (including phenoxy) is 1. The average Bonchev–Trinajstić information content (AvgIpc) is 3.10. The molecule has 0 radical (unpaired) electrons. The molecule has 1 N–H and O–H groups in total. The van der Waals surface area contributed by atoms with Crippen LogP contribution in [0.1, 0.15) is 54.1 Å². The van der Waals surface area contributed by atoms with E-state index in [1.165, 1.54) is 16.7 Å². The number of thioether (sulfide) groups is 1. The van der Waals surface area contributed by atoms with E-state index >= 15 is 0 Å². The highest BCUT2D eigenvalue weighted by molar-refractivity contribution is 8.16. The number of hydrogen-bond donors (Lipinski definition) is 1. The minimum atomic E-state index is 0.0249. The molecule has 0 saturated heterocycles. The van der Waals surface area contributed by atoms with Crippen LogP contribution in [-0.4, -0.2) is 13.2 Å². The molecule has 144 valence electrons. The van der Waals surface area contributed by atoms with E-state index in [0.717, 1.165) is 28.2 Å². The molecule has 0 aliphatic heterocycles. The van der Waals surface area contributed by atoms with Gasteiger partial charge in [-0.2, -0.15) is 5.26 Å². The molecule has 2 aromatic carbocycles. The van der Waals surface area contributed by atoms with Crippen molar-refractivity contribution in [3.63, 3.8) is 0 Å². The molecule has 0 saturated carbocycles. The van der Waals surface area contributed by atoms with E-state index in [1.54, 1.807) is 11.8 Å². The Morgan fingerprint density at radius 3 is 2.71 bits per heavy atom. The lowest BCUT2D eigenvalue weighted by Crippen LogP contribution is -2.12. The predicted octanol–water partition coefficient (Wildman–Crippen LogP) is 5.93. The molecule has 3 nitrogen and oxygen atoms in total. The lowest BCUT2D eigenvalue weighted by Gasteiger charge is -2.15. The van der Waals surface area contributed by atoms with E-state index in [-0.39, 0.29) is 6.10 Å². The summed E-state index contributed by atoms with van der Waals surface area (Å²) in [5.74, 6) is 0.608. The molecule has 1 aliphatic carbocycles. The lowest BCUT2D eigenvalue weighted by atomic mass is 10.0. The number of hydrogen-bond acceptors (Lipinski definition) is 4. The van der Waals surface area contributed by atoms with Crippen LogP contribution in [0, 0.1) is 11.3 Å². The zero-order chi connectivity index (χ0) is 20.3.